The van der Waals surface area contributed by atoms with E-state index < -0.39 is 0 Å². The van der Waals surface area contributed by atoms with Crippen LogP contribution in [0.3, 0.4) is 0 Å². The number of likely N-dealkylation sites (tertiary alicyclic amines) is 1. The average molecular weight is 435 g/mol. The molecule has 1 aromatic heterocycles. The summed E-state index contributed by atoms with van der Waals surface area (Å²) in [5.41, 5.74) is 0.943. The van der Waals surface area contributed by atoms with Crippen molar-refractivity contribution >= 4 is 29.9 Å². The Hall–Kier alpha value is -0.830. The van der Waals surface area contributed by atoms with Crippen molar-refractivity contribution in [1.82, 2.24) is 20.5 Å². The van der Waals surface area contributed by atoms with Crippen LogP contribution in [0.1, 0.15) is 43.5 Å². The number of halogens is 1. The third-order valence-electron chi connectivity index (χ3n) is 4.34. The fraction of sp³-hybridized carbons (Fsp3) is 0.750. The number of aliphatic imine (C=N–C) groups is 1. The highest BCUT2D eigenvalue weighted by Gasteiger charge is 2.17. The third kappa shape index (κ3) is 6.29. The van der Waals surface area contributed by atoms with Gasteiger partial charge in [0, 0.05) is 26.2 Å². The first-order valence-corrected chi connectivity index (χ1v) is 8.21. The van der Waals surface area contributed by atoms with Crippen molar-refractivity contribution in [2.75, 3.05) is 26.7 Å². The highest BCUT2D eigenvalue weighted by atomic mass is 127. The van der Waals surface area contributed by atoms with Crippen molar-refractivity contribution in [1.29, 1.82) is 0 Å². The van der Waals surface area contributed by atoms with Crippen LogP contribution in [0.5, 0.6) is 0 Å². The van der Waals surface area contributed by atoms with Crippen molar-refractivity contribution in [2.24, 2.45) is 4.99 Å². The van der Waals surface area contributed by atoms with E-state index in [-0.39, 0.29) is 24.0 Å². The van der Waals surface area contributed by atoms with Gasteiger partial charge in [-0.2, -0.15) is 0 Å². The number of piperidine rings is 1. The fourth-order valence-corrected chi connectivity index (χ4v) is 2.80. The summed E-state index contributed by atoms with van der Waals surface area (Å²) < 4.78 is 5.56. The minimum atomic E-state index is 0. The fourth-order valence-electron chi connectivity index (χ4n) is 2.80. The Morgan fingerprint density at radius 1 is 1.35 bits per heavy atom. The minimum absolute atomic E-state index is 0. The van der Waals surface area contributed by atoms with Gasteiger partial charge in [0.2, 0.25) is 5.89 Å². The van der Waals surface area contributed by atoms with E-state index in [4.69, 9.17) is 4.42 Å². The molecule has 132 valence electrons. The molecule has 0 amide bonds. The monoisotopic (exact) mass is 435 g/mol. The van der Waals surface area contributed by atoms with Gasteiger partial charge < -0.3 is 15.1 Å². The number of hydrogen-bond donors (Lipinski definition) is 2. The third-order valence-corrected chi connectivity index (χ3v) is 4.34. The lowest BCUT2D eigenvalue weighted by Gasteiger charge is -2.33. The van der Waals surface area contributed by atoms with Crippen molar-refractivity contribution in [2.45, 2.75) is 52.6 Å². The summed E-state index contributed by atoms with van der Waals surface area (Å²) in [5.74, 6) is 2.36. The molecule has 6 nitrogen and oxygen atoms in total. The predicted octanol–water partition coefficient (Wildman–Crippen LogP) is 2.45. The van der Waals surface area contributed by atoms with Crippen LogP contribution in [0, 0.1) is 13.8 Å². The van der Waals surface area contributed by atoms with Crippen LogP contribution in [0.25, 0.3) is 0 Å². The summed E-state index contributed by atoms with van der Waals surface area (Å²) in [7, 11) is 1.78. The van der Waals surface area contributed by atoms with Crippen LogP contribution in [-0.2, 0) is 6.54 Å². The molecule has 2 heterocycles. The molecule has 1 aliphatic heterocycles. The van der Waals surface area contributed by atoms with Gasteiger partial charge in [-0.3, -0.25) is 9.89 Å². The van der Waals surface area contributed by atoms with Gasteiger partial charge in [-0.25, -0.2) is 4.98 Å². The summed E-state index contributed by atoms with van der Waals surface area (Å²) in [5, 5.41) is 6.60. The SMILES string of the molecule is CN=C(NCCN1CCCCC1C)NCc1nc(C)c(C)o1.I. The Balaban J connectivity index is 0.00000264. The topological polar surface area (TPSA) is 65.7 Å². The van der Waals surface area contributed by atoms with Crippen LogP contribution >= 0.6 is 24.0 Å². The molecule has 1 fully saturated rings. The Morgan fingerprint density at radius 2 is 2.13 bits per heavy atom. The number of rotatable bonds is 5. The van der Waals surface area contributed by atoms with E-state index in [0.29, 0.717) is 18.5 Å². The lowest BCUT2D eigenvalue weighted by Crippen LogP contribution is -2.45. The molecule has 1 atom stereocenters. The standard InChI is InChI=1S/C16H29N5O.HI/c1-12-7-5-6-9-21(12)10-8-18-16(17-4)19-11-15-20-13(2)14(3)22-15;/h12H,5-11H2,1-4H3,(H2,17,18,19);1H. The molecule has 2 N–H and O–H groups in total. The van der Waals surface area contributed by atoms with Gasteiger partial charge in [-0.15, -0.1) is 24.0 Å². The molecule has 0 spiro atoms. The molecule has 2 rings (SSSR count). The number of aromatic nitrogens is 1. The second-order valence-corrected chi connectivity index (χ2v) is 5.98. The molecule has 0 radical (unpaired) electrons. The van der Waals surface area contributed by atoms with E-state index in [1.807, 2.05) is 13.8 Å². The normalized spacial score (nSPS) is 19.3. The second-order valence-electron chi connectivity index (χ2n) is 5.98. The Morgan fingerprint density at radius 3 is 2.74 bits per heavy atom. The molecule has 1 aliphatic rings. The lowest BCUT2D eigenvalue weighted by atomic mass is 10.0. The number of guanidine groups is 1. The van der Waals surface area contributed by atoms with Gasteiger partial charge >= 0.3 is 0 Å². The van der Waals surface area contributed by atoms with E-state index >= 15 is 0 Å². The van der Waals surface area contributed by atoms with E-state index in [1.54, 1.807) is 7.05 Å². The quantitative estimate of drug-likeness (QED) is 0.423. The summed E-state index contributed by atoms with van der Waals surface area (Å²) in [6.45, 7) is 9.91. The zero-order chi connectivity index (χ0) is 15.9. The maximum atomic E-state index is 5.56. The average Bonchev–Trinajstić information content (AvgIpc) is 2.83. The maximum Gasteiger partial charge on any atom is 0.214 e. The summed E-state index contributed by atoms with van der Waals surface area (Å²) in [6.07, 6.45) is 4.00. The van der Waals surface area contributed by atoms with Crippen LogP contribution < -0.4 is 10.6 Å². The molecule has 0 aliphatic carbocycles. The van der Waals surface area contributed by atoms with Gasteiger partial charge in [0.1, 0.15) is 5.76 Å². The van der Waals surface area contributed by atoms with Crippen molar-refractivity contribution in [3.8, 4) is 0 Å². The van der Waals surface area contributed by atoms with E-state index in [9.17, 15) is 0 Å². The zero-order valence-electron chi connectivity index (χ0n) is 14.7. The highest BCUT2D eigenvalue weighted by Crippen LogP contribution is 2.15. The van der Waals surface area contributed by atoms with Crippen molar-refractivity contribution in [3.63, 3.8) is 0 Å². The first-order valence-electron chi connectivity index (χ1n) is 8.21. The van der Waals surface area contributed by atoms with Crippen molar-refractivity contribution < 1.29 is 4.42 Å². The van der Waals surface area contributed by atoms with Crippen molar-refractivity contribution in [3.05, 3.63) is 17.3 Å². The summed E-state index contributed by atoms with van der Waals surface area (Å²) >= 11 is 0. The minimum Gasteiger partial charge on any atom is -0.444 e. The Kier molecular flexibility index (Phi) is 8.90. The van der Waals surface area contributed by atoms with Crippen LogP contribution in [0.15, 0.2) is 9.41 Å². The second kappa shape index (κ2) is 10.1. The molecule has 0 aromatic carbocycles. The van der Waals surface area contributed by atoms with Gasteiger partial charge in [0.25, 0.3) is 0 Å². The van der Waals surface area contributed by atoms with Gasteiger partial charge in [0.15, 0.2) is 5.96 Å². The summed E-state index contributed by atoms with van der Waals surface area (Å²) in [4.78, 5) is 11.1. The Bertz CT molecular complexity index is 483. The number of aryl methyl sites for hydroxylation is 2. The molecule has 7 heteroatoms. The zero-order valence-corrected chi connectivity index (χ0v) is 17.0. The molecule has 0 bridgehead atoms. The van der Waals surface area contributed by atoms with Gasteiger partial charge in [0.05, 0.1) is 12.2 Å². The summed E-state index contributed by atoms with van der Waals surface area (Å²) in [6, 6.07) is 0.698. The van der Waals surface area contributed by atoms with Crippen LogP contribution in [0.2, 0.25) is 0 Å². The highest BCUT2D eigenvalue weighted by molar-refractivity contribution is 14.0. The maximum absolute atomic E-state index is 5.56. The molecule has 23 heavy (non-hydrogen) atoms. The lowest BCUT2D eigenvalue weighted by molar-refractivity contribution is 0.163. The molecular formula is C16H30IN5O. The predicted molar refractivity (Wildman–Crippen MR) is 104 cm³/mol. The molecular weight excluding hydrogens is 405 g/mol. The van der Waals surface area contributed by atoms with Crippen LogP contribution in [0.4, 0.5) is 0 Å². The molecule has 1 aromatic rings. The van der Waals surface area contributed by atoms with Crippen LogP contribution in [-0.4, -0.2) is 48.6 Å². The molecule has 1 unspecified atom stereocenters. The number of oxazole rings is 1. The number of nitrogens with one attached hydrogen (secondary N) is 2. The number of nitrogens with zero attached hydrogens (tertiary/aromatic N) is 3. The van der Waals surface area contributed by atoms with E-state index in [0.717, 1.165) is 30.5 Å². The first kappa shape index (κ1) is 20.2. The van der Waals surface area contributed by atoms with E-state index in [2.05, 4.69) is 32.4 Å². The van der Waals surface area contributed by atoms with Gasteiger partial charge in [-0.05, 0) is 40.2 Å². The molecule has 1 saturated heterocycles. The molecule has 0 saturated carbocycles. The largest absolute Gasteiger partial charge is 0.444 e. The van der Waals surface area contributed by atoms with E-state index in [1.165, 1.54) is 25.8 Å². The number of hydrogen-bond acceptors (Lipinski definition) is 4. The van der Waals surface area contributed by atoms with Gasteiger partial charge in [-0.1, -0.05) is 6.42 Å². The first-order chi connectivity index (χ1) is 10.6. The smallest absolute Gasteiger partial charge is 0.214 e. The Labute approximate surface area is 156 Å².